The van der Waals surface area contributed by atoms with Crippen molar-refractivity contribution in [3.8, 4) is 5.75 Å². The second-order valence-corrected chi connectivity index (χ2v) is 11.9. The van der Waals surface area contributed by atoms with E-state index in [1.165, 1.54) is 30.9 Å². The first-order valence-corrected chi connectivity index (χ1v) is 15.0. The molecule has 0 saturated carbocycles. The van der Waals surface area contributed by atoms with E-state index in [1.807, 2.05) is 30.3 Å². The Labute approximate surface area is 254 Å². The molecule has 0 fully saturated rings. The van der Waals surface area contributed by atoms with Crippen molar-refractivity contribution >= 4 is 39.9 Å². The van der Waals surface area contributed by atoms with Crippen LogP contribution in [0.3, 0.4) is 0 Å². The highest BCUT2D eigenvalue weighted by atomic mass is 35.5. The minimum Gasteiger partial charge on any atom is -0.508 e. The summed E-state index contributed by atoms with van der Waals surface area (Å²) < 4.78 is 0. The van der Waals surface area contributed by atoms with Crippen LogP contribution < -0.4 is 5.73 Å². The summed E-state index contributed by atoms with van der Waals surface area (Å²) in [6.45, 7) is 10.4. The summed E-state index contributed by atoms with van der Waals surface area (Å²) in [6, 6.07) is 23.2. The molecule has 0 aliphatic rings. The van der Waals surface area contributed by atoms with Crippen LogP contribution in [0, 0.1) is 5.92 Å². The third-order valence-electron chi connectivity index (χ3n) is 8.04. The molecule has 0 amide bonds. The van der Waals surface area contributed by atoms with E-state index in [4.69, 9.17) is 28.9 Å². The number of aromatic amines is 1. The molecule has 0 radical (unpaired) electrons. The van der Waals surface area contributed by atoms with Crippen LogP contribution in [0.15, 0.2) is 72.8 Å². The van der Waals surface area contributed by atoms with Gasteiger partial charge >= 0.3 is 0 Å². The monoisotopic (exact) mass is 595 g/mol. The lowest BCUT2D eigenvalue weighted by Crippen LogP contribution is -2.40. The van der Waals surface area contributed by atoms with Crippen LogP contribution in [0.25, 0.3) is 10.9 Å². The second kappa shape index (κ2) is 14.9. The first-order chi connectivity index (χ1) is 19.5. The summed E-state index contributed by atoms with van der Waals surface area (Å²) >= 11 is 12.3. The molecular formula is C34H43Cl2N3O2. The van der Waals surface area contributed by atoms with Gasteiger partial charge in [0.25, 0.3) is 0 Å². The molecule has 1 aromatic heterocycles. The maximum Gasteiger partial charge on any atom is 0.146 e. The predicted molar refractivity (Wildman–Crippen MR) is 173 cm³/mol. The first kappa shape index (κ1) is 32.7. The zero-order valence-corrected chi connectivity index (χ0v) is 26.3. The number of nitrogens with two attached hydrogens (primary N) is 1. The number of hydrogen-bond donors (Lipinski definition) is 3. The second-order valence-electron chi connectivity index (χ2n) is 11.0. The first-order valence-electron chi connectivity index (χ1n) is 14.2. The number of halogens is 2. The Morgan fingerprint density at radius 1 is 0.976 bits per heavy atom. The molecule has 0 bridgehead atoms. The molecular weight excluding hydrogens is 553 g/mol. The highest BCUT2D eigenvalue weighted by molar-refractivity contribution is 6.30. The third kappa shape index (κ3) is 8.59. The summed E-state index contributed by atoms with van der Waals surface area (Å²) in [6.07, 6.45) is 2.83. The minimum absolute atomic E-state index is 0.0264. The van der Waals surface area contributed by atoms with Crippen molar-refractivity contribution in [1.82, 2.24) is 9.88 Å². The van der Waals surface area contributed by atoms with Crippen LogP contribution >= 0.6 is 23.2 Å². The van der Waals surface area contributed by atoms with Crippen molar-refractivity contribution in [3.63, 3.8) is 0 Å². The van der Waals surface area contributed by atoms with Gasteiger partial charge in [0.05, 0.1) is 6.04 Å². The zero-order chi connectivity index (χ0) is 30.2. The van der Waals surface area contributed by atoms with E-state index in [-0.39, 0.29) is 16.9 Å². The molecule has 5 nitrogen and oxygen atoms in total. The highest BCUT2D eigenvalue weighted by Gasteiger charge is 2.37. The molecule has 1 unspecified atom stereocenters. The van der Waals surface area contributed by atoms with Crippen LogP contribution in [0.4, 0.5) is 0 Å². The number of Topliss-reactive ketones (excluding diaryl/α,β-unsaturated/α-hetero) is 1. The van der Waals surface area contributed by atoms with Crippen LogP contribution in [0.5, 0.6) is 5.75 Å². The summed E-state index contributed by atoms with van der Waals surface area (Å²) in [4.78, 5) is 16.6. The fraction of sp³-hybridized carbons (Fsp3) is 0.382. The number of carbonyl (C=O) groups excluding carboxylic acids is 1. The van der Waals surface area contributed by atoms with E-state index in [9.17, 15) is 9.90 Å². The number of aromatic hydroxyl groups is 1. The van der Waals surface area contributed by atoms with Gasteiger partial charge in [-0.15, -0.1) is 0 Å². The molecule has 4 rings (SSSR count). The van der Waals surface area contributed by atoms with Crippen molar-refractivity contribution in [2.75, 3.05) is 20.1 Å². The van der Waals surface area contributed by atoms with Gasteiger partial charge in [-0.05, 0) is 92.5 Å². The molecule has 4 N–H and O–H groups in total. The van der Waals surface area contributed by atoms with Gasteiger partial charge in [-0.25, -0.2) is 0 Å². The molecule has 41 heavy (non-hydrogen) atoms. The van der Waals surface area contributed by atoms with E-state index < -0.39 is 6.04 Å². The average molecular weight is 597 g/mol. The Balaban J connectivity index is 0.000000248. The molecule has 4 aromatic rings. The Kier molecular flexibility index (Phi) is 11.9. The number of aromatic nitrogens is 1. The maximum absolute atomic E-state index is 11.0. The molecule has 0 saturated heterocycles. The number of nitrogens with one attached hydrogen (secondary N) is 1. The lowest BCUT2D eigenvalue weighted by Gasteiger charge is -2.41. The summed E-state index contributed by atoms with van der Waals surface area (Å²) in [5, 5.41) is 11.8. The Bertz CT molecular complexity index is 1350. The normalized spacial score (nSPS) is 13.1. The minimum atomic E-state index is -0.471. The van der Waals surface area contributed by atoms with Crippen molar-refractivity contribution in [3.05, 3.63) is 99.7 Å². The fourth-order valence-electron chi connectivity index (χ4n) is 5.32. The van der Waals surface area contributed by atoms with E-state index in [0.29, 0.717) is 12.3 Å². The average Bonchev–Trinajstić information content (AvgIpc) is 3.34. The van der Waals surface area contributed by atoms with Gasteiger partial charge in [-0.3, -0.25) is 4.79 Å². The maximum atomic E-state index is 11.0. The lowest BCUT2D eigenvalue weighted by molar-refractivity contribution is -0.118. The van der Waals surface area contributed by atoms with E-state index in [1.54, 1.807) is 18.2 Å². The smallest absolute Gasteiger partial charge is 0.146 e. The van der Waals surface area contributed by atoms with E-state index in [0.717, 1.165) is 39.7 Å². The fourth-order valence-corrected chi connectivity index (χ4v) is 5.57. The Morgan fingerprint density at radius 3 is 2.02 bits per heavy atom. The number of hydrogen-bond acceptors (Lipinski definition) is 4. The van der Waals surface area contributed by atoms with Crippen molar-refractivity contribution in [2.45, 2.75) is 58.4 Å². The van der Waals surface area contributed by atoms with Gasteiger partial charge in [0, 0.05) is 45.0 Å². The van der Waals surface area contributed by atoms with Crippen LogP contribution in [-0.2, 0) is 16.6 Å². The van der Waals surface area contributed by atoms with Crippen LogP contribution in [0.1, 0.15) is 57.4 Å². The topological polar surface area (TPSA) is 82.4 Å². The van der Waals surface area contributed by atoms with Crippen LogP contribution in [0.2, 0.25) is 10.0 Å². The molecule has 0 aliphatic carbocycles. The molecule has 0 spiro atoms. The lowest BCUT2D eigenvalue weighted by atomic mass is 9.65. The van der Waals surface area contributed by atoms with E-state index >= 15 is 0 Å². The standard InChI is InChI=1S/C22H29Cl2N.C12H14N2O2/c1-5-7-19(16-25(4)6-2)22(3,17-8-12-20(23)13-9-17)18-10-14-21(24)15-11-18;1-7(15)11(13)6-9-4-8-5-10(16)2-3-12(8)14-9/h8-15,19H,5-7,16H2,1-4H3;2-5,11,14,16H,6,13H2,1H3/t;11-/m.0/s1. The molecule has 3 aromatic carbocycles. The van der Waals surface area contributed by atoms with Gasteiger partial charge in [0.2, 0.25) is 0 Å². The van der Waals surface area contributed by atoms with Gasteiger partial charge in [0.15, 0.2) is 0 Å². The van der Waals surface area contributed by atoms with Crippen molar-refractivity contribution in [2.24, 2.45) is 11.7 Å². The van der Waals surface area contributed by atoms with Gasteiger partial charge in [0.1, 0.15) is 11.5 Å². The molecule has 0 aliphatic heterocycles. The number of phenolic OH excluding ortho intramolecular Hbond substituents is 1. The van der Waals surface area contributed by atoms with Gasteiger partial charge in [-0.2, -0.15) is 0 Å². The number of rotatable bonds is 11. The number of carbonyl (C=O) groups is 1. The quantitative estimate of drug-likeness (QED) is 0.164. The predicted octanol–water partition coefficient (Wildman–Crippen LogP) is 8.00. The van der Waals surface area contributed by atoms with Gasteiger partial charge < -0.3 is 20.7 Å². The van der Waals surface area contributed by atoms with Crippen LogP contribution in [-0.4, -0.2) is 47.0 Å². The number of ketones is 1. The number of fused-ring (bicyclic) bond motifs is 1. The van der Waals surface area contributed by atoms with Crippen molar-refractivity contribution < 1.29 is 9.90 Å². The van der Waals surface area contributed by atoms with Gasteiger partial charge in [-0.1, -0.05) is 74.7 Å². The highest BCUT2D eigenvalue weighted by Crippen LogP contribution is 2.42. The molecule has 2 atom stereocenters. The number of H-pyrrole nitrogens is 1. The number of phenols is 1. The summed E-state index contributed by atoms with van der Waals surface area (Å²) in [5.41, 5.74) is 10.0. The Hall–Kier alpha value is -2.83. The largest absolute Gasteiger partial charge is 0.508 e. The summed E-state index contributed by atoms with van der Waals surface area (Å²) in [7, 11) is 2.20. The Morgan fingerprint density at radius 2 is 1.54 bits per heavy atom. The van der Waals surface area contributed by atoms with Crippen molar-refractivity contribution in [1.29, 1.82) is 0 Å². The number of nitrogens with zero attached hydrogens (tertiary/aromatic N) is 1. The molecule has 220 valence electrons. The number of benzene rings is 3. The summed E-state index contributed by atoms with van der Waals surface area (Å²) in [5.74, 6) is 0.709. The molecule has 1 heterocycles. The molecule has 7 heteroatoms. The van der Waals surface area contributed by atoms with E-state index in [2.05, 4.69) is 62.0 Å². The zero-order valence-electron chi connectivity index (χ0n) is 24.8. The third-order valence-corrected chi connectivity index (χ3v) is 8.54. The SMILES string of the molecule is CC(=O)[C@@H](N)Cc1cc2cc(O)ccc2[nH]1.CCCC(CN(C)CC)C(C)(c1ccc(Cl)cc1)c1ccc(Cl)cc1.